The molecule has 1 heterocycles. The number of carbonyl (C=O) groups excluding carboxylic acids is 1. The Hall–Kier alpha value is -3.29. The second-order valence-electron chi connectivity index (χ2n) is 7.36. The second kappa shape index (κ2) is 13.4. The van der Waals surface area contributed by atoms with E-state index in [1.165, 1.54) is 35.4 Å². The van der Waals surface area contributed by atoms with E-state index < -0.39 is 11.4 Å². The molecule has 0 saturated heterocycles. The molecule has 0 bridgehead atoms. The minimum absolute atomic E-state index is 0.0886. The fraction of sp³-hybridized carbons (Fsp3) is 0.308. The quantitative estimate of drug-likeness (QED) is 0.432. The topological polar surface area (TPSA) is 98.0 Å². The molecule has 0 unspecified atom stereocenters. The number of rotatable bonds is 8. The zero-order valence-electron chi connectivity index (χ0n) is 19.6. The Morgan fingerprint density at radius 1 is 1.09 bits per heavy atom. The molecule has 7 nitrogen and oxygen atoms in total. The molecule has 0 saturated carbocycles. The summed E-state index contributed by atoms with van der Waals surface area (Å²) >= 11 is 6.36. The number of aliphatic hydroxyl groups excluding tert-OH is 1. The molecular weight excluding hydrogens is 458 g/mol. The first-order valence-electron chi connectivity index (χ1n) is 11.1. The largest absolute Gasteiger partial charge is 0.507 e. The molecule has 0 aliphatic carbocycles. The summed E-state index contributed by atoms with van der Waals surface area (Å²) in [5.41, 5.74) is 0.766. The van der Waals surface area contributed by atoms with Crippen LogP contribution in [0.25, 0.3) is 11.3 Å². The molecule has 2 N–H and O–H groups in total. The van der Waals surface area contributed by atoms with Gasteiger partial charge >= 0.3 is 5.97 Å². The number of aliphatic hydroxyl groups is 1. The van der Waals surface area contributed by atoms with Gasteiger partial charge in [0.15, 0.2) is 5.43 Å². The third kappa shape index (κ3) is 7.10. The molecule has 3 aromatic rings. The highest BCUT2D eigenvalue weighted by molar-refractivity contribution is 6.32. The molecule has 0 spiro atoms. The Bertz CT molecular complexity index is 1140. The molecular formula is C26H30ClNO6. The highest BCUT2D eigenvalue weighted by atomic mass is 35.5. The van der Waals surface area contributed by atoms with Crippen LogP contribution in [0, 0.1) is 0 Å². The van der Waals surface area contributed by atoms with Crippen molar-refractivity contribution in [2.24, 2.45) is 0 Å². The molecule has 1 aromatic heterocycles. The minimum Gasteiger partial charge on any atom is -0.507 e. The van der Waals surface area contributed by atoms with E-state index in [0.29, 0.717) is 5.69 Å². The van der Waals surface area contributed by atoms with Gasteiger partial charge in [-0.3, -0.25) is 4.79 Å². The lowest BCUT2D eigenvalue weighted by Gasteiger charge is -2.17. The van der Waals surface area contributed by atoms with Crippen LogP contribution < -0.4 is 10.2 Å². The van der Waals surface area contributed by atoms with E-state index in [4.69, 9.17) is 21.1 Å². The number of aromatic nitrogens is 1. The van der Waals surface area contributed by atoms with E-state index in [0.717, 1.165) is 5.56 Å². The van der Waals surface area contributed by atoms with Crippen molar-refractivity contribution in [1.82, 2.24) is 4.57 Å². The van der Waals surface area contributed by atoms with E-state index in [1.54, 1.807) is 6.92 Å². The van der Waals surface area contributed by atoms with Crippen LogP contribution in [0.5, 0.6) is 11.5 Å². The normalized spacial score (nSPS) is 10.3. The van der Waals surface area contributed by atoms with E-state index in [9.17, 15) is 19.8 Å². The van der Waals surface area contributed by atoms with Gasteiger partial charge in [0.2, 0.25) is 0 Å². The predicted molar refractivity (Wildman–Crippen MR) is 133 cm³/mol. The van der Waals surface area contributed by atoms with Gasteiger partial charge in [0.25, 0.3) is 0 Å². The summed E-state index contributed by atoms with van der Waals surface area (Å²) in [6.07, 6.45) is 2.55. The standard InChI is InChI=1S/C23H22ClNO6.C3H8/c1-2-30-23(29)17-13-25(8-9-26)19(11-20(17)27)16-10-18(24)22(12-21(16)28)31-14-15-6-4-3-5-7-15;1-3-2/h3-7,10-13,26,28H,2,8-9,14H2,1H3;3H2,1-2H3. The Balaban J connectivity index is 0.00000129. The van der Waals surface area contributed by atoms with Crippen LogP contribution >= 0.6 is 11.6 Å². The maximum absolute atomic E-state index is 12.5. The Morgan fingerprint density at radius 2 is 1.76 bits per heavy atom. The molecule has 0 radical (unpaired) electrons. The summed E-state index contributed by atoms with van der Waals surface area (Å²) in [4.78, 5) is 24.5. The van der Waals surface area contributed by atoms with Gasteiger partial charge in [0.1, 0.15) is 23.7 Å². The summed E-state index contributed by atoms with van der Waals surface area (Å²) in [7, 11) is 0. The van der Waals surface area contributed by atoms with Crippen molar-refractivity contribution in [1.29, 1.82) is 0 Å². The van der Waals surface area contributed by atoms with Gasteiger partial charge in [-0.1, -0.05) is 62.2 Å². The average molecular weight is 488 g/mol. The maximum Gasteiger partial charge on any atom is 0.343 e. The van der Waals surface area contributed by atoms with Crippen LogP contribution in [-0.4, -0.2) is 34.0 Å². The molecule has 0 aliphatic heterocycles. The molecule has 3 rings (SSSR count). The van der Waals surface area contributed by atoms with Crippen molar-refractivity contribution < 1.29 is 24.5 Å². The Morgan fingerprint density at radius 3 is 2.38 bits per heavy atom. The summed E-state index contributed by atoms with van der Waals surface area (Å²) < 4.78 is 12.1. The fourth-order valence-corrected chi connectivity index (χ4v) is 3.27. The molecule has 182 valence electrons. The first-order valence-corrected chi connectivity index (χ1v) is 11.5. The smallest absolute Gasteiger partial charge is 0.343 e. The lowest BCUT2D eigenvalue weighted by molar-refractivity contribution is 0.0523. The second-order valence-corrected chi connectivity index (χ2v) is 7.76. The highest BCUT2D eigenvalue weighted by Crippen LogP contribution is 2.38. The summed E-state index contributed by atoms with van der Waals surface area (Å²) in [5.74, 6) is -0.633. The number of aromatic hydroxyl groups is 1. The molecule has 2 aromatic carbocycles. The third-order valence-electron chi connectivity index (χ3n) is 4.53. The molecule has 34 heavy (non-hydrogen) atoms. The number of hydrogen-bond donors (Lipinski definition) is 2. The van der Waals surface area contributed by atoms with Crippen LogP contribution in [0.15, 0.2) is 59.5 Å². The van der Waals surface area contributed by atoms with Crippen LogP contribution in [0.2, 0.25) is 5.02 Å². The number of benzene rings is 2. The van der Waals surface area contributed by atoms with Crippen molar-refractivity contribution in [2.75, 3.05) is 13.2 Å². The summed E-state index contributed by atoms with van der Waals surface area (Å²) in [6.45, 7) is 6.12. The van der Waals surface area contributed by atoms with Crippen molar-refractivity contribution in [3.8, 4) is 22.8 Å². The highest BCUT2D eigenvalue weighted by Gasteiger charge is 2.19. The van der Waals surface area contributed by atoms with Crippen molar-refractivity contribution in [2.45, 2.75) is 40.3 Å². The van der Waals surface area contributed by atoms with Crippen molar-refractivity contribution >= 4 is 17.6 Å². The van der Waals surface area contributed by atoms with Crippen LogP contribution in [0.1, 0.15) is 43.1 Å². The van der Waals surface area contributed by atoms with Gasteiger partial charge in [0.05, 0.1) is 23.9 Å². The number of hydrogen-bond acceptors (Lipinski definition) is 6. The van der Waals surface area contributed by atoms with Gasteiger partial charge in [-0.15, -0.1) is 0 Å². The number of ether oxygens (including phenoxy) is 2. The average Bonchev–Trinajstić information content (AvgIpc) is 2.82. The SMILES string of the molecule is CCC.CCOC(=O)c1cn(CCO)c(-c2cc(Cl)c(OCc3ccccc3)cc2O)cc1=O. The maximum atomic E-state index is 12.5. The van der Waals surface area contributed by atoms with Crippen LogP contribution in [0.3, 0.4) is 0 Å². The van der Waals surface area contributed by atoms with E-state index in [2.05, 4.69) is 13.8 Å². The fourth-order valence-electron chi connectivity index (χ4n) is 3.05. The zero-order chi connectivity index (χ0) is 25.1. The number of nitrogens with zero attached hydrogens (tertiary/aromatic N) is 1. The summed E-state index contributed by atoms with van der Waals surface area (Å²) in [5, 5.41) is 20.3. The van der Waals surface area contributed by atoms with Gasteiger partial charge in [-0.25, -0.2) is 4.79 Å². The van der Waals surface area contributed by atoms with Gasteiger partial charge in [-0.2, -0.15) is 0 Å². The Labute approximate surface area is 204 Å². The van der Waals surface area contributed by atoms with Gasteiger partial charge < -0.3 is 24.3 Å². The van der Waals surface area contributed by atoms with E-state index in [1.807, 2.05) is 30.3 Å². The van der Waals surface area contributed by atoms with E-state index in [-0.39, 0.29) is 54.0 Å². The number of carbonyl (C=O) groups is 1. The lowest BCUT2D eigenvalue weighted by Crippen LogP contribution is -2.21. The number of phenolic OH excluding ortho intramolecular Hbond substituents is 1. The minimum atomic E-state index is -0.752. The van der Waals surface area contributed by atoms with E-state index >= 15 is 0 Å². The zero-order valence-corrected chi connectivity index (χ0v) is 20.3. The van der Waals surface area contributed by atoms with Crippen molar-refractivity contribution in [3.05, 3.63) is 81.1 Å². The van der Waals surface area contributed by atoms with Crippen LogP contribution in [-0.2, 0) is 17.9 Å². The molecule has 8 heteroatoms. The number of esters is 1. The molecule has 0 aliphatic rings. The monoisotopic (exact) mass is 487 g/mol. The number of phenols is 1. The van der Waals surface area contributed by atoms with Gasteiger partial charge in [-0.05, 0) is 18.6 Å². The first kappa shape index (κ1) is 27.0. The van der Waals surface area contributed by atoms with Crippen LogP contribution in [0.4, 0.5) is 0 Å². The van der Waals surface area contributed by atoms with Gasteiger partial charge in [0, 0.05) is 30.4 Å². The van der Waals surface area contributed by atoms with Crippen molar-refractivity contribution in [3.63, 3.8) is 0 Å². The third-order valence-corrected chi connectivity index (χ3v) is 4.82. The summed E-state index contributed by atoms with van der Waals surface area (Å²) in [6, 6.07) is 13.5. The molecule has 0 amide bonds. The molecule has 0 fully saturated rings. The number of halogens is 1. The molecule has 0 atom stereocenters. The first-order chi connectivity index (χ1) is 16.4. The predicted octanol–water partition coefficient (Wildman–Crippen LogP) is 5.04. The number of pyridine rings is 1. The lowest BCUT2D eigenvalue weighted by atomic mass is 10.1. The Kier molecular flexibility index (Phi) is 10.6.